The Morgan fingerprint density at radius 2 is 1.36 bits per heavy atom. The van der Waals surface area contributed by atoms with Crippen molar-refractivity contribution < 1.29 is 0 Å². The van der Waals surface area contributed by atoms with Crippen molar-refractivity contribution in [3.63, 3.8) is 0 Å². The van der Waals surface area contributed by atoms with Crippen LogP contribution in [-0.4, -0.2) is 0 Å². The van der Waals surface area contributed by atoms with Crippen LogP contribution in [0.25, 0.3) is 5.57 Å². The number of allylic oxidation sites excluding steroid dienone is 4. The number of benzene rings is 1. The Labute approximate surface area is 140 Å². The molecule has 0 fully saturated rings. The fourth-order valence-corrected chi connectivity index (χ4v) is 1.55. The predicted molar refractivity (Wildman–Crippen MR) is 107 cm³/mol. The van der Waals surface area contributed by atoms with Crippen LogP contribution in [0.5, 0.6) is 0 Å². The van der Waals surface area contributed by atoms with Crippen molar-refractivity contribution in [2.24, 2.45) is 0 Å². The molecule has 0 aliphatic carbocycles. The quantitative estimate of drug-likeness (QED) is 0.496. The molecule has 22 heavy (non-hydrogen) atoms. The number of hydrogen-bond acceptors (Lipinski definition) is 0. The second kappa shape index (κ2) is 17.5. The molecule has 0 radical (unpaired) electrons. The zero-order valence-corrected chi connectivity index (χ0v) is 16.5. The summed E-state index contributed by atoms with van der Waals surface area (Å²) in [7, 11) is 0. The zero-order valence-electron chi connectivity index (χ0n) is 16.5. The van der Waals surface area contributed by atoms with Crippen molar-refractivity contribution in [1.29, 1.82) is 0 Å². The molecule has 0 heterocycles. The molecule has 0 bridgehead atoms. The lowest BCUT2D eigenvalue weighted by molar-refractivity contribution is 1.09. The maximum Gasteiger partial charge on any atom is -0.0152 e. The molecule has 0 N–H and O–H groups in total. The van der Waals surface area contributed by atoms with Crippen molar-refractivity contribution in [1.82, 2.24) is 0 Å². The molecule has 0 aliphatic rings. The van der Waals surface area contributed by atoms with Gasteiger partial charge < -0.3 is 0 Å². The van der Waals surface area contributed by atoms with Gasteiger partial charge in [-0.2, -0.15) is 0 Å². The first-order valence-corrected chi connectivity index (χ1v) is 8.53. The highest BCUT2D eigenvalue weighted by molar-refractivity contribution is 5.81. The van der Waals surface area contributed by atoms with E-state index in [0.29, 0.717) is 0 Å². The molecule has 0 saturated carbocycles. The second-order valence-corrected chi connectivity index (χ2v) is 4.71. The molecule has 1 rings (SSSR count). The standard InChI is InChI=1S/C15H18.C3H8.2C2H6/c1-11(2)10-15(12(3)4)14-9-7-6-8-13(14)5;1-3-2;2*1-2/h6-10H,1,3H2,2,4-5H3;3H2,1-2H3;2*1-2H3/b15-10+;;;. The first-order chi connectivity index (χ1) is 10.4. The van der Waals surface area contributed by atoms with Gasteiger partial charge in [-0.05, 0) is 37.5 Å². The van der Waals surface area contributed by atoms with E-state index in [1.807, 2.05) is 41.5 Å². The van der Waals surface area contributed by atoms with Crippen molar-refractivity contribution in [3.05, 3.63) is 65.8 Å². The van der Waals surface area contributed by atoms with Crippen molar-refractivity contribution in [3.8, 4) is 0 Å². The summed E-state index contributed by atoms with van der Waals surface area (Å²) in [4.78, 5) is 0. The van der Waals surface area contributed by atoms with Crippen LogP contribution in [0.15, 0.2) is 54.6 Å². The summed E-state index contributed by atoms with van der Waals surface area (Å²) >= 11 is 0. The third-order valence-electron chi connectivity index (χ3n) is 2.29. The molecule has 0 aliphatic heterocycles. The maximum atomic E-state index is 4.02. The van der Waals surface area contributed by atoms with Gasteiger partial charge in [0, 0.05) is 0 Å². The van der Waals surface area contributed by atoms with Gasteiger partial charge in [-0.15, -0.1) is 0 Å². The van der Waals surface area contributed by atoms with Crippen LogP contribution in [0.2, 0.25) is 0 Å². The molecule has 1 aromatic rings. The van der Waals surface area contributed by atoms with Crippen molar-refractivity contribution in [2.45, 2.75) is 68.7 Å². The molecule has 0 atom stereocenters. The average Bonchev–Trinajstić information content (AvgIpc) is 2.50. The summed E-state index contributed by atoms with van der Waals surface area (Å²) in [6.45, 7) is 26.3. The van der Waals surface area contributed by atoms with Gasteiger partial charge in [0.2, 0.25) is 0 Å². The lowest BCUT2D eigenvalue weighted by Gasteiger charge is -2.10. The van der Waals surface area contributed by atoms with E-state index in [4.69, 9.17) is 0 Å². The predicted octanol–water partition coefficient (Wildman–Crippen LogP) is 8.00. The lowest BCUT2D eigenvalue weighted by Crippen LogP contribution is -1.90. The summed E-state index contributed by atoms with van der Waals surface area (Å²) in [6, 6.07) is 8.34. The Hall–Kier alpha value is -1.56. The molecule has 0 aromatic heterocycles. The summed E-state index contributed by atoms with van der Waals surface area (Å²) in [5.74, 6) is 0. The Morgan fingerprint density at radius 3 is 1.68 bits per heavy atom. The molecule has 0 unspecified atom stereocenters. The van der Waals surface area contributed by atoms with Crippen LogP contribution in [0, 0.1) is 6.92 Å². The van der Waals surface area contributed by atoms with E-state index in [2.05, 4.69) is 64.3 Å². The fraction of sp³-hybridized carbons (Fsp3) is 0.455. The third kappa shape index (κ3) is 12.2. The minimum atomic E-state index is 1.05. The molecule has 0 amide bonds. The molecular weight excluding hydrogens is 264 g/mol. The minimum absolute atomic E-state index is 1.05. The van der Waals surface area contributed by atoms with Gasteiger partial charge in [0.05, 0.1) is 0 Å². The largest absolute Gasteiger partial charge is 0.0961 e. The molecule has 0 heteroatoms. The van der Waals surface area contributed by atoms with Gasteiger partial charge in [-0.25, -0.2) is 0 Å². The smallest absolute Gasteiger partial charge is 0.0152 e. The van der Waals surface area contributed by atoms with Gasteiger partial charge in [0.25, 0.3) is 0 Å². The Morgan fingerprint density at radius 1 is 0.955 bits per heavy atom. The molecule has 126 valence electrons. The highest BCUT2D eigenvalue weighted by Crippen LogP contribution is 2.25. The van der Waals surface area contributed by atoms with Gasteiger partial charge in [-0.1, -0.05) is 103 Å². The van der Waals surface area contributed by atoms with E-state index >= 15 is 0 Å². The molecule has 0 spiro atoms. The van der Waals surface area contributed by atoms with Gasteiger partial charge >= 0.3 is 0 Å². The van der Waals surface area contributed by atoms with Crippen LogP contribution in [-0.2, 0) is 0 Å². The number of aryl methyl sites for hydroxylation is 1. The fourth-order valence-electron chi connectivity index (χ4n) is 1.55. The molecule has 0 nitrogen and oxygen atoms in total. The van der Waals surface area contributed by atoms with Crippen molar-refractivity contribution >= 4 is 5.57 Å². The van der Waals surface area contributed by atoms with E-state index < -0.39 is 0 Å². The van der Waals surface area contributed by atoms with Crippen LogP contribution < -0.4 is 0 Å². The zero-order chi connectivity index (χ0) is 18.1. The summed E-state index contributed by atoms with van der Waals surface area (Å²) in [5, 5.41) is 0. The third-order valence-corrected chi connectivity index (χ3v) is 2.29. The van der Waals surface area contributed by atoms with E-state index in [9.17, 15) is 0 Å². The van der Waals surface area contributed by atoms with Gasteiger partial charge in [0.15, 0.2) is 0 Å². The highest BCUT2D eigenvalue weighted by Gasteiger charge is 2.04. The first-order valence-electron chi connectivity index (χ1n) is 8.53. The number of rotatable bonds is 3. The van der Waals surface area contributed by atoms with E-state index in [0.717, 1.165) is 11.1 Å². The van der Waals surface area contributed by atoms with E-state index in [1.165, 1.54) is 23.1 Å². The minimum Gasteiger partial charge on any atom is -0.0961 e. The molecule has 0 saturated heterocycles. The Bertz CT molecular complexity index is 433. The Balaban J connectivity index is -0.000000446. The number of hydrogen-bond donors (Lipinski definition) is 0. The van der Waals surface area contributed by atoms with Gasteiger partial charge in [-0.3, -0.25) is 0 Å². The normalized spacial score (nSPS) is 9.05. The Kier molecular flexibility index (Phi) is 20.2. The van der Waals surface area contributed by atoms with Gasteiger partial charge in [0.1, 0.15) is 0 Å². The van der Waals surface area contributed by atoms with Crippen LogP contribution in [0.1, 0.15) is 72.9 Å². The van der Waals surface area contributed by atoms with Crippen LogP contribution >= 0.6 is 0 Å². The van der Waals surface area contributed by atoms with Crippen LogP contribution in [0.4, 0.5) is 0 Å². The average molecular weight is 303 g/mol. The summed E-state index contributed by atoms with van der Waals surface area (Å²) in [5.41, 5.74) is 5.82. The SMILES string of the molecule is C=C(C)/C=C(\C(=C)C)c1ccccc1C.CC.CC.CCC. The monoisotopic (exact) mass is 302 g/mol. The first kappa shape index (κ1) is 25.4. The molecule has 1 aromatic carbocycles. The second-order valence-electron chi connectivity index (χ2n) is 4.71. The topological polar surface area (TPSA) is 0 Å². The van der Waals surface area contributed by atoms with Crippen molar-refractivity contribution in [2.75, 3.05) is 0 Å². The highest BCUT2D eigenvalue weighted by atomic mass is 14.1. The lowest BCUT2D eigenvalue weighted by atomic mass is 9.94. The maximum absolute atomic E-state index is 4.02. The summed E-state index contributed by atoms with van der Waals surface area (Å²) in [6.07, 6.45) is 3.34. The summed E-state index contributed by atoms with van der Waals surface area (Å²) < 4.78 is 0. The van der Waals surface area contributed by atoms with E-state index in [-0.39, 0.29) is 0 Å². The molecular formula is C22H38. The van der Waals surface area contributed by atoms with E-state index in [1.54, 1.807) is 0 Å². The van der Waals surface area contributed by atoms with Crippen LogP contribution in [0.3, 0.4) is 0 Å².